The Bertz CT molecular complexity index is 485. The number of rotatable bonds is 1. The first kappa shape index (κ1) is 11.6. The van der Waals surface area contributed by atoms with Gasteiger partial charge in [-0.1, -0.05) is 44.0 Å². The summed E-state index contributed by atoms with van der Waals surface area (Å²) in [5, 5.41) is 2.64. The highest BCUT2D eigenvalue weighted by Crippen LogP contribution is 2.48. The first-order valence-corrected chi connectivity index (χ1v) is 5.98. The molecule has 0 radical (unpaired) electrons. The third-order valence-corrected chi connectivity index (χ3v) is 3.91. The zero-order valence-corrected chi connectivity index (χ0v) is 11.4. The molecule has 1 amide bonds. The first-order valence-electron chi connectivity index (χ1n) is 4.39. The van der Waals surface area contributed by atoms with Gasteiger partial charge in [0, 0.05) is 5.56 Å². The lowest BCUT2D eigenvalue weighted by Crippen LogP contribution is -2.20. The van der Waals surface area contributed by atoms with Crippen molar-refractivity contribution in [2.75, 3.05) is 12.4 Å². The van der Waals surface area contributed by atoms with E-state index < -0.39 is 9.20 Å². The number of halogens is 2. The molecule has 1 aromatic carbocycles. The van der Waals surface area contributed by atoms with Crippen LogP contribution in [-0.4, -0.2) is 19.0 Å². The van der Waals surface area contributed by atoms with Gasteiger partial charge >= 0.3 is 5.97 Å². The van der Waals surface area contributed by atoms with Crippen LogP contribution in [0, 0.1) is 0 Å². The van der Waals surface area contributed by atoms with Crippen LogP contribution < -0.4 is 5.32 Å². The molecule has 1 aliphatic heterocycles. The SMILES string of the molecule is COC(=O)c1cccc2c1NC(=O)C2(Br)Br. The molecule has 1 aromatic rings. The summed E-state index contributed by atoms with van der Waals surface area (Å²) in [6, 6.07) is 5.05. The van der Waals surface area contributed by atoms with Crippen molar-refractivity contribution in [1.82, 2.24) is 0 Å². The summed E-state index contributed by atoms with van der Waals surface area (Å²) in [6.07, 6.45) is 0. The Morgan fingerprint density at radius 3 is 2.75 bits per heavy atom. The van der Waals surface area contributed by atoms with Crippen molar-refractivity contribution in [3.05, 3.63) is 29.3 Å². The standard InChI is InChI=1S/C10H7Br2NO3/c1-16-8(14)5-3-2-4-6-7(5)13-9(15)10(6,11)12/h2-4H,1H3,(H,13,15). The van der Waals surface area contributed by atoms with Gasteiger partial charge in [0.15, 0.2) is 3.23 Å². The molecule has 2 rings (SSSR count). The van der Waals surface area contributed by atoms with Crippen LogP contribution in [0.3, 0.4) is 0 Å². The van der Waals surface area contributed by atoms with Crippen molar-refractivity contribution < 1.29 is 14.3 Å². The molecular weight excluding hydrogens is 342 g/mol. The molecule has 0 saturated carbocycles. The quantitative estimate of drug-likeness (QED) is 0.626. The summed E-state index contributed by atoms with van der Waals surface area (Å²) in [5.74, 6) is -0.742. The summed E-state index contributed by atoms with van der Waals surface area (Å²) < 4.78 is 3.67. The van der Waals surface area contributed by atoms with Crippen LogP contribution in [0.25, 0.3) is 0 Å². The maximum absolute atomic E-state index is 11.7. The average molecular weight is 349 g/mol. The Hall–Kier alpha value is -0.880. The van der Waals surface area contributed by atoms with Gasteiger partial charge in [0.1, 0.15) is 0 Å². The number of esters is 1. The number of carbonyl (C=O) groups excluding carboxylic acids is 2. The lowest BCUT2D eigenvalue weighted by molar-refractivity contribution is -0.115. The molecule has 84 valence electrons. The number of para-hydroxylation sites is 1. The van der Waals surface area contributed by atoms with Gasteiger partial charge in [-0.15, -0.1) is 0 Å². The number of nitrogens with one attached hydrogen (secondary N) is 1. The molecule has 6 heteroatoms. The Balaban J connectivity index is 2.61. The third-order valence-electron chi connectivity index (χ3n) is 2.33. The van der Waals surface area contributed by atoms with E-state index in [0.29, 0.717) is 16.8 Å². The fraction of sp³-hybridized carbons (Fsp3) is 0.200. The fourth-order valence-corrected chi connectivity index (χ4v) is 2.40. The highest BCUT2D eigenvalue weighted by molar-refractivity contribution is 9.25. The number of alkyl halides is 2. The second-order valence-corrected chi connectivity index (χ2v) is 6.69. The molecule has 0 unspecified atom stereocenters. The maximum atomic E-state index is 11.7. The van der Waals surface area contributed by atoms with Gasteiger partial charge in [0.05, 0.1) is 18.4 Å². The van der Waals surface area contributed by atoms with E-state index in [4.69, 9.17) is 0 Å². The van der Waals surface area contributed by atoms with E-state index in [1.807, 2.05) is 0 Å². The third kappa shape index (κ3) is 1.56. The van der Waals surface area contributed by atoms with Gasteiger partial charge in [-0.3, -0.25) is 4.79 Å². The van der Waals surface area contributed by atoms with Crippen LogP contribution in [-0.2, 0) is 12.8 Å². The van der Waals surface area contributed by atoms with Gasteiger partial charge in [0.2, 0.25) is 0 Å². The molecular formula is C10H7Br2NO3. The lowest BCUT2D eigenvalue weighted by atomic mass is 10.1. The van der Waals surface area contributed by atoms with Gasteiger partial charge in [-0.25, -0.2) is 4.79 Å². The lowest BCUT2D eigenvalue weighted by Gasteiger charge is -2.10. The number of fused-ring (bicyclic) bond motifs is 1. The largest absolute Gasteiger partial charge is 0.465 e. The maximum Gasteiger partial charge on any atom is 0.339 e. The number of amides is 1. The molecule has 1 heterocycles. The molecule has 0 atom stereocenters. The van der Waals surface area contributed by atoms with Crippen molar-refractivity contribution in [3.63, 3.8) is 0 Å². The Kier molecular flexibility index (Phi) is 2.79. The normalized spacial score (nSPS) is 16.6. The van der Waals surface area contributed by atoms with E-state index in [0.717, 1.165) is 0 Å². The second-order valence-electron chi connectivity index (χ2n) is 3.25. The van der Waals surface area contributed by atoms with Gasteiger partial charge < -0.3 is 10.1 Å². The summed E-state index contributed by atoms with van der Waals surface area (Å²) in [4.78, 5) is 23.1. The van der Waals surface area contributed by atoms with E-state index in [1.165, 1.54) is 7.11 Å². The van der Waals surface area contributed by atoms with E-state index in [2.05, 4.69) is 41.9 Å². The summed E-state index contributed by atoms with van der Waals surface area (Å²) in [6.45, 7) is 0. The number of carbonyl (C=O) groups is 2. The van der Waals surface area contributed by atoms with Gasteiger partial charge in [0.25, 0.3) is 5.91 Å². The van der Waals surface area contributed by atoms with Crippen LogP contribution in [0.5, 0.6) is 0 Å². The van der Waals surface area contributed by atoms with Crippen LogP contribution in [0.2, 0.25) is 0 Å². The van der Waals surface area contributed by atoms with E-state index >= 15 is 0 Å². The molecule has 1 N–H and O–H groups in total. The van der Waals surface area contributed by atoms with Gasteiger partial charge in [-0.05, 0) is 6.07 Å². The number of benzene rings is 1. The van der Waals surface area contributed by atoms with Crippen LogP contribution in [0.1, 0.15) is 15.9 Å². The zero-order valence-electron chi connectivity index (χ0n) is 8.21. The van der Waals surface area contributed by atoms with Crippen LogP contribution in [0.15, 0.2) is 18.2 Å². The minimum Gasteiger partial charge on any atom is -0.465 e. The topological polar surface area (TPSA) is 55.4 Å². The van der Waals surface area contributed by atoms with Gasteiger partial charge in [-0.2, -0.15) is 0 Å². The predicted octanol–water partition coefficient (Wildman–Crippen LogP) is 2.37. The van der Waals surface area contributed by atoms with E-state index in [1.54, 1.807) is 18.2 Å². The molecule has 0 aliphatic carbocycles. The van der Waals surface area contributed by atoms with Crippen molar-refractivity contribution in [1.29, 1.82) is 0 Å². The Labute approximate surface area is 109 Å². The molecule has 16 heavy (non-hydrogen) atoms. The monoisotopic (exact) mass is 347 g/mol. The molecule has 0 bridgehead atoms. The van der Waals surface area contributed by atoms with Crippen LogP contribution >= 0.6 is 31.9 Å². The Morgan fingerprint density at radius 2 is 2.12 bits per heavy atom. The molecule has 0 spiro atoms. The number of anilines is 1. The highest BCUT2D eigenvalue weighted by atomic mass is 79.9. The minimum absolute atomic E-state index is 0.265. The number of methoxy groups -OCH3 is 1. The molecule has 1 aliphatic rings. The Morgan fingerprint density at radius 1 is 1.44 bits per heavy atom. The first-order chi connectivity index (χ1) is 7.48. The predicted molar refractivity (Wildman–Crippen MR) is 65.9 cm³/mol. The molecule has 0 fully saturated rings. The molecule has 0 aromatic heterocycles. The van der Waals surface area contributed by atoms with Crippen molar-refractivity contribution in [2.45, 2.75) is 3.23 Å². The summed E-state index contributed by atoms with van der Waals surface area (Å²) in [5.41, 5.74) is 1.49. The molecule has 0 saturated heterocycles. The smallest absolute Gasteiger partial charge is 0.339 e. The van der Waals surface area contributed by atoms with Crippen molar-refractivity contribution in [3.8, 4) is 0 Å². The summed E-state index contributed by atoms with van der Waals surface area (Å²) >= 11 is 6.53. The second kappa shape index (κ2) is 3.85. The van der Waals surface area contributed by atoms with Crippen molar-refractivity contribution >= 4 is 49.4 Å². The zero-order chi connectivity index (χ0) is 11.9. The number of ether oxygens (including phenoxy) is 1. The minimum atomic E-state index is -0.973. The van der Waals surface area contributed by atoms with Crippen molar-refractivity contribution in [2.24, 2.45) is 0 Å². The fourth-order valence-electron chi connectivity index (χ4n) is 1.54. The summed E-state index contributed by atoms with van der Waals surface area (Å²) in [7, 11) is 1.30. The number of hydrogen-bond donors (Lipinski definition) is 1. The highest BCUT2D eigenvalue weighted by Gasteiger charge is 2.44. The number of hydrogen-bond acceptors (Lipinski definition) is 3. The van der Waals surface area contributed by atoms with Crippen LogP contribution in [0.4, 0.5) is 5.69 Å². The van der Waals surface area contributed by atoms with E-state index in [9.17, 15) is 9.59 Å². The average Bonchev–Trinajstić information content (AvgIpc) is 2.49. The van der Waals surface area contributed by atoms with E-state index in [-0.39, 0.29) is 5.91 Å². The molecule has 4 nitrogen and oxygen atoms in total.